The third-order valence-corrected chi connectivity index (χ3v) is 6.18. The molecule has 2 heterocycles. The topological polar surface area (TPSA) is 44.7 Å². The van der Waals surface area contributed by atoms with Gasteiger partial charge in [-0.2, -0.15) is 5.48 Å². The van der Waals surface area contributed by atoms with Gasteiger partial charge in [-0.25, -0.2) is 0 Å². The van der Waals surface area contributed by atoms with E-state index in [4.69, 9.17) is 28.0 Å². The third kappa shape index (κ3) is 4.48. The van der Waals surface area contributed by atoms with E-state index >= 15 is 0 Å². The van der Waals surface area contributed by atoms with E-state index < -0.39 is 5.72 Å². The van der Waals surface area contributed by atoms with Crippen molar-refractivity contribution >= 4 is 23.2 Å². The van der Waals surface area contributed by atoms with Crippen LogP contribution in [-0.4, -0.2) is 29.2 Å². The lowest BCUT2D eigenvalue weighted by atomic mass is 9.86. The molecule has 0 spiro atoms. The standard InChI is InChI=1S/C21H24Cl2N2O2/c22-18-5-1-15(2-6-18)14-25-11-9-16(10-12-25)20-13-21(26,24-27-20)17-3-7-19(23)8-4-17/h1-8,16,20,24,26H,9-14H2. The van der Waals surface area contributed by atoms with Gasteiger partial charge in [0.1, 0.15) is 0 Å². The molecular formula is C21H24Cl2N2O2. The Morgan fingerprint density at radius 1 is 1.00 bits per heavy atom. The lowest BCUT2D eigenvalue weighted by Crippen LogP contribution is -2.37. The van der Waals surface area contributed by atoms with Gasteiger partial charge in [-0.15, -0.1) is 0 Å². The molecule has 2 aromatic rings. The number of nitrogens with zero attached hydrogens (tertiary/aromatic N) is 1. The monoisotopic (exact) mass is 406 g/mol. The van der Waals surface area contributed by atoms with Crippen LogP contribution in [0.15, 0.2) is 48.5 Å². The predicted molar refractivity (Wildman–Crippen MR) is 107 cm³/mol. The minimum atomic E-state index is -1.14. The number of nitrogens with one attached hydrogen (secondary N) is 1. The van der Waals surface area contributed by atoms with Crippen molar-refractivity contribution in [2.45, 2.75) is 37.6 Å². The summed E-state index contributed by atoms with van der Waals surface area (Å²) in [6.07, 6.45) is 2.70. The first-order valence-electron chi connectivity index (χ1n) is 9.40. The minimum absolute atomic E-state index is 0.0170. The average molecular weight is 407 g/mol. The molecule has 2 aromatic carbocycles. The Kier molecular flexibility index (Phi) is 5.74. The Balaban J connectivity index is 1.31. The maximum Gasteiger partial charge on any atom is 0.166 e. The SMILES string of the molecule is OC1(c2ccc(Cl)cc2)CC(C2CCN(Cc3ccc(Cl)cc3)CC2)ON1. The van der Waals surface area contributed by atoms with Crippen LogP contribution in [0.25, 0.3) is 0 Å². The highest BCUT2D eigenvalue weighted by molar-refractivity contribution is 6.30. The van der Waals surface area contributed by atoms with Gasteiger partial charge in [0.15, 0.2) is 5.72 Å². The fourth-order valence-electron chi connectivity index (χ4n) is 4.04. The van der Waals surface area contributed by atoms with Crippen molar-refractivity contribution in [3.05, 3.63) is 69.7 Å². The summed E-state index contributed by atoms with van der Waals surface area (Å²) >= 11 is 11.9. The lowest BCUT2D eigenvalue weighted by molar-refractivity contribution is -0.0818. The summed E-state index contributed by atoms with van der Waals surface area (Å²) in [5.41, 5.74) is 3.79. The molecule has 2 N–H and O–H groups in total. The maximum atomic E-state index is 10.9. The van der Waals surface area contributed by atoms with Gasteiger partial charge in [0.2, 0.25) is 0 Å². The van der Waals surface area contributed by atoms with Gasteiger partial charge < -0.3 is 5.11 Å². The second-order valence-corrected chi connectivity index (χ2v) is 8.44. The fraction of sp³-hybridized carbons (Fsp3) is 0.429. The van der Waals surface area contributed by atoms with Crippen LogP contribution in [0.5, 0.6) is 0 Å². The van der Waals surface area contributed by atoms with Gasteiger partial charge in [0.05, 0.1) is 6.10 Å². The van der Waals surface area contributed by atoms with Gasteiger partial charge >= 0.3 is 0 Å². The summed E-state index contributed by atoms with van der Waals surface area (Å²) in [5, 5.41) is 12.4. The zero-order chi connectivity index (χ0) is 18.9. The third-order valence-electron chi connectivity index (χ3n) is 5.67. The van der Waals surface area contributed by atoms with Crippen LogP contribution < -0.4 is 5.48 Å². The van der Waals surface area contributed by atoms with Gasteiger partial charge in [-0.3, -0.25) is 9.74 Å². The van der Waals surface area contributed by atoms with Crippen molar-refractivity contribution in [3.8, 4) is 0 Å². The van der Waals surface area contributed by atoms with Crippen molar-refractivity contribution < 1.29 is 9.94 Å². The molecule has 2 saturated heterocycles. The first-order chi connectivity index (χ1) is 13.0. The Morgan fingerprint density at radius 2 is 1.59 bits per heavy atom. The van der Waals surface area contributed by atoms with Crippen molar-refractivity contribution in [2.24, 2.45) is 5.92 Å². The van der Waals surface area contributed by atoms with Crippen LogP contribution in [0.3, 0.4) is 0 Å². The number of halogens is 2. The van der Waals surface area contributed by atoms with E-state index in [0.29, 0.717) is 17.4 Å². The Morgan fingerprint density at radius 3 is 2.22 bits per heavy atom. The molecule has 0 amide bonds. The molecule has 2 aliphatic heterocycles. The molecule has 2 unspecified atom stereocenters. The molecule has 0 aromatic heterocycles. The molecule has 4 nitrogen and oxygen atoms in total. The van der Waals surface area contributed by atoms with E-state index in [2.05, 4.69) is 22.5 Å². The highest BCUT2D eigenvalue weighted by Crippen LogP contribution is 2.36. The quantitative estimate of drug-likeness (QED) is 0.792. The molecule has 0 bridgehead atoms. The summed E-state index contributed by atoms with van der Waals surface area (Å²) in [5.74, 6) is 0.445. The van der Waals surface area contributed by atoms with E-state index in [1.807, 2.05) is 24.3 Å². The number of likely N-dealkylation sites (tertiary alicyclic amines) is 1. The zero-order valence-corrected chi connectivity index (χ0v) is 16.6. The number of benzene rings is 2. The van der Waals surface area contributed by atoms with E-state index in [1.54, 1.807) is 12.1 Å². The first kappa shape index (κ1) is 19.2. The van der Waals surface area contributed by atoms with Crippen molar-refractivity contribution in [2.75, 3.05) is 13.1 Å². The molecule has 2 atom stereocenters. The number of piperidine rings is 1. The van der Waals surface area contributed by atoms with E-state index in [-0.39, 0.29) is 6.10 Å². The smallest absolute Gasteiger partial charge is 0.166 e. The van der Waals surface area contributed by atoms with E-state index in [9.17, 15) is 5.11 Å². The molecular weight excluding hydrogens is 383 g/mol. The van der Waals surface area contributed by atoms with Gasteiger partial charge in [0, 0.05) is 28.6 Å². The maximum absolute atomic E-state index is 10.9. The van der Waals surface area contributed by atoms with Crippen molar-refractivity contribution in [1.29, 1.82) is 0 Å². The molecule has 27 heavy (non-hydrogen) atoms. The van der Waals surface area contributed by atoms with E-state index in [0.717, 1.165) is 43.1 Å². The van der Waals surface area contributed by atoms with Crippen LogP contribution in [0.2, 0.25) is 10.0 Å². The highest BCUT2D eigenvalue weighted by Gasteiger charge is 2.43. The number of rotatable bonds is 4. The molecule has 144 valence electrons. The molecule has 0 radical (unpaired) electrons. The summed E-state index contributed by atoms with van der Waals surface area (Å²) < 4.78 is 0. The Bertz CT molecular complexity index is 761. The zero-order valence-electron chi connectivity index (χ0n) is 15.1. The minimum Gasteiger partial charge on any atom is -0.369 e. The molecule has 0 aliphatic carbocycles. The van der Waals surface area contributed by atoms with Crippen molar-refractivity contribution in [1.82, 2.24) is 10.4 Å². The Labute approximate surface area is 170 Å². The highest BCUT2D eigenvalue weighted by atomic mass is 35.5. The van der Waals surface area contributed by atoms with Gasteiger partial charge in [0.25, 0.3) is 0 Å². The Hall–Kier alpha value is -1.14. The van der Waals surface area contributed by atoms with Crippen LogP contribution in [0.1, 0.15) is 30.4 Å². The molecule has 0 saturated carbocycles. The summed E-state index contributed by atoms with van der Waals surface area (Å²) in [7, 11) is 0. The fourth-order valence-corrected chi connectivity index (χ4v) is 4.30. The van der Waals surface area contributed by atoms with Crippen LogP contribution >= 0.6 is 23.2 Å². The number of aliphatic hydroxyl groups is 1. The number of hydrogen-bond donors (Lipinski definition) is 2. The average Bonchev–Trinajstić information content (AvgIpc) is 3.08. The second-order valence-electron chi connectivity index (χ2n) is 7.57. The molecule has 6 heteroatoms. The predicted octanol–water partition coefficient (Wildman–Crippen LogP) is 4.34. The molecule has 4 rings (SSSR count). The van der Waals surface area contributed by atoms with Crippen LogP contribution in [0.4, 0.5) is 0 Å². The normalized spacial score (nSPS) is 27.1. The van der Waals surface area contributed by atoms with Crippen molar-refractivity contribution in [3.63, 3.8) is 0 Å². The van der Waals surface area contributed by atoms with Crippen LogP contribution in [0, 0.1) is 5.92 Å². The molecule has 2 aliphatic rings. The lowest BCUT2D eigenvalue weighted by Gasteiger charge is -2.34. The number of hydroxylamine groups is 1. The molecule has 2 fully saturated rings. The summed E-state index contributed by atoms with van der Waals surface area (Å²) in [6.45, 7) is 3.02. The van der Waals surface area contributed by atoms with E-state index in [1.165, 1.54) is 5.56 Å². The van der Waals surface area contributed by atoms with Crippen LogP contribution in [-0.2, 0) is 17.1 Å². The van der Waals surface area contributed by atoms with Gasteiger partial charge in [-0.1, -0.05) is 47.5 Å². The largest absolute Gasteiger partial charge is 0.369 e. The summed E-state index contributed by atoms with van der Waals surface area (Å²) in [6, 6.07) is 15.3. The van der Waals surface area contributed by atoms with Gasteiger partial charge in [-0.05, 0) is 61.7 Å². The second kappa shape index (κ2) is 8.08. The summed E-state index contributed by atoms with van der Waals surface area (Å²) in [4.78, 5) is 8.26. The number of hydrogen-bond acceptors (Lipinski definition) is 4. The first-order valence-corrected chi connectivity index (χ1v) is 10.2.